The molecule has 1 amide bonds. The van der Waals surface area contributed by atoms with Gasteiger partial charge in [-0.25, -0.2) is 4.79 Å². The first-order valence-corrected chi connectivity index (χ1v) is 8.83. The molecule has 0 radical (unpaired) electrons. The monoisotopic (exact) mass is 369 g/mol. The molecule has 6 nitrogen and oxygen atoms in total. The summed E-state index contributed by atoms with van der Waals surface area (Å²) in [6, 6.07) is 17.1. The van der Waals surface area contributed by atoms with Gasteiger partial charge in [0.15, 0.2) is 0 Å². The van der Waals surface area contributed by atoms with Gasteiger partial charge in [0, 0.05) is 19.4 Å². The zero-order valence-electron chi connectivity index (χ0n) is 15.5. The summed E-state index contributed by atoms with van der Waals surface area (Å²) in [5.41, 5.74) is 1.91. The predicted octanol–water partition coefficient (Wildman–Crippen LogP) is 3.36. The number of nitrogens with zero attached hydrogens (tertiary/aromatic N) is 1. The van der Waals surface area contributed by atoms with Crippen LogP contribution in [0.3, 0.4) is 0 Å². The van der Waals surface area contributed by atoms with Crippen molar-refractivity contribution in [1.29, 1.82) is 0 Å². The van der Waals surface area contributed by atoms with E-state index in [0.29, 0.717) is 13.1 Å². The van der Waals surface area contributed by atoms with Crippen LogP contribution in [0.25, 0.3) is 0 Å². The normalized spacial score (nSPS) is 18.8. The molecule has 2 atom stereocenters. The molecular weight excluding hydrogens is 346 g/mol. The fraction of sp³-hybridized carbons (Fsp3) is 0.333. The highest BCUT2D eigenvalue weighted by molar-refractivity contribution is 5.69. The third-order valence-electron chi connectivity index (χ3n) is 4.59. The molecule has 2 aromatic rings. The van der Waals surface area contributed by atoms with Crippen molar-refractivity contribution < 1.29 is 23.8 Å². The first-order chi connectivity index (χ1) is 13.1. The van der Waals surface area contributed by atoms with E-state index in [0.717, 1.165) is 16.9 Å². The molecule has 0 saturated carbocycles. The maximum Gasteiger partial charge on any atom is 0.410 e. The predicted molar refractivity (Wildman–Crippen MR) is 99.5 cm³/mol. The minimum Gasteiger partial charge on any atom is -0.497 e. The SMILES string of the molecule is COc1ccc([C@H]2CN(C(=O)OCc3ccccc3)C[C@@H]2OC(C)=O)cc1. The Kier molecular flexibility index (Phi) is 5.96. The minimum atomic E-state index is -0.410. The van der Waals surface area contributed by atoms with E-state index in [-0.39, 0.29) is 18.5 Å². The van der Waals surface area contributed by atoms with Gasteiger partial charge in [-0.2, -0.15) is 0 Å². The zero-order valence-corrected chi connectivity index (χ0v) is 15.5. The van der Waals surface area contributed by atoms with Crippen molar-refractivity contribution in [2.45, 2.75) is 25.6 Å². The summed E-state index contributed by atoms with van der Waals surface area (Å²) < 4.78 is 16.1. The maximum atomic E-state index is 12.5. The number of carbonyl (C=O) groups is 2. The van der Waals surface area contributed by atoms with Crippen molar-refractivity contribution in [2.75, 3.05) is 20.2 Å². The highest BCUT2D eigenvalue weighted by atomic mass is 16.6. The van der Waals surface area contributed by atoms with Crippen LogP contribution < -0.4 is 4.74 Å². The Labute approximate surface area is 158 Å². The summed E-state index contributed by atoms with van der Waals surface area (Å²) in [5, 5.41) is 0. The summed E-state index contributed by atoms with van der Waals surface area (Å²) in [4.78, 5) is 25.5. The quantitative estimate of drug-likeness (QED) is 0.756. The van der Waals surface area contributed by atoms with Crippen LogP contribution >= 0.6 is 0 Å². The van der Waals surface area contributed by atoms with Gasteiger partial charge >= 0.3 is 12.1 Å². The maximum absolute atomic E-state index is 12.5. The first-order valence-electron chi connectivity index (χ1n) is 8.83. The highest BCUT2D eigenvalue weighted by Gasteiger charge is 2.39. The molecule has 1 heterocycles. The highest BCUT2D eigenvalue weighted by Crippen LogP contribution is 2.31. The molecule has 1 aliphatic rings. The van der Waals surface area contributed by atoms with Crippen LogP contribution in [-0.2, 0) is 20.9 Å². The lowest BCUT2D eigenvalue weighted by atomic mass is 9.96. The Morgan fingerprint density at radius 3 is 2.37 bits per heavy atom. The number of hydrogen-bond acceptors (Lipinski definition) is 5. The molecular formula is C21H23NO5. The van der Waals surface area contributed by atoms with E-state index in [4.69, 9.17) is 14.2 Å². The largest absolute Gasteiger partial charge is 0.497 e. The standard InChI is InChI=1S/C21H23NO5/c1-15(23)27-20-13-22(21(24)26-14-16-6-4-3-5-7-16)12-19(20)17-8-10-18(25-2)11-9-17/h3-11,19-20H,12-14H2,1-2H3/t19-,20+/m1/s1. The molecule has 0 aromatic heterocycles. The lowest BCUT2D eigenvalue weighted by molar-refractivity contribution is -0.146. The molecule has 2 aromatic carbocycles. The molecule has 0 unspecified atom stereocenters. The molecule has 1 aliphatic heterocycles. The molecule has 142 valence electrons. The van der Waals surface area contributed by atoms with Gasteiger partial charge in [0.25, 0.3) is 0 Å². The van der Waals surface area contributed by atoms with E-state index in [1.807, 2.05) is 54.6 Å². The Morgan fingerprint density at radius 2 is 1.74 bits per heavy atom. The van der Waals surface area contributed by atoms with Gasteiger partial charge in [0.1, 0.15) is 18.5 Å². The minimum absolute atomic E-state index is 0.107. The Morgan fingerprint density at radius 1 is 1.04 bits per heavy atom. The fourth-order valence-corrected chi connectivity index (χ4v) is 3.24. The number of rotatable bonds is 5. The molecule has 0 spiro atoms. The van der Waals surface area contributed by atoms with Crippen LogP contribution in [-0.4, -0.2) is 43.3 Å². The molecule has 3 rings (SSSR count). The van der Waals surface area contributed by atoms with E-state index in [1.165, 1.54) is 6.92 Å². The third kappa shape index (κ3) is 4.78. The van der Waals surface area contributed by atoms with Gasteiger partial charge in [-0.05, 0) is 23.3 Å². The second-order valence-electron chi connectivity index (χ2n) is 6.47. The number of hydrogen-bond donors (Lipinski definition) is 0. The summed E-state index contributed by atoms with van der Waals surface area (Å²) in [6.45, 7) is 2.32. The Balaban J connectivity index is 1.68. The van der Waals surface area contributed by atoms with Gasteiger partial charge in [-0.3, -0.25) is 4.79 Å². The second-order valence-corrected chi connectivity index (χ2v) is 6.47. The molecule has 1 fully saturated rings. The topological polar surface area (TPSA) is 65.1 Å². The van der Waals surface area contributed by atoms with Crippen molar-refractivity contribution in [3.63, 3.8) is 0 Å². The molecule has 0 bridgehead atoms. The fourth-order valence-electron chi connectivity index (χ4n) is 3.24. The van der Waals surface area contributed by atoms with Crippen molar-refractivity contribution in [2.24, 2.45) is 0 Å². The molecule has 0 aliphatic carbocycles. The number of amides is 1. The van der Waals surface area contributed by atoms with Gasteiger partial charge < -0.3 is 19.1 Å². The lowest BCUT2D eigenvalue weighted by Crippen LogP contribution is -2.31. The molecule has 6 heteroatoms. The van der Waals surface area contributed by atoms with Crippen molar-refractivity contribution in [3.8, 4) is 5.75 Å². The first kappa shape index (κ1) is 18.8. The number of likely N-dealkylation sites (tertiary alicyclic amines) is 1. The number of carbonyl (C=O) groups excluding carboxylic acids is 2. The Bertz CT molecular complexity index is 775. The van der Waals surface area contributed by atoms with Crippen molar-refractivity contribution >= 4 is 12.1 Å². The van der Waals surface area contributed by atoms with Crippen LogP contribution in [0.15, 0.2) is 54.6 Å². The van der Waals surface area contributed by atoms with Crippen LogP contribution in [0.5, 0.6) is 5.75 Å². The van der Waals surface area contributed by atoms with Gasteiger partial charge in [0.05, 0.1) is 13.7 Å². The summed E-state index contributed by atoms with van der Waals surface area (Å²) >= 11 is 0. The van der Waals surface area contributed by atoms with Crippen molar-refractivity contribution in [3.05, 3.63) is 65.7 Å². The van der Waals surface area contributed by atoms with Gasteiger partial charge in [-0.15, -0.1) is 0 Å². The van der Waals surface area contributed by atoms with Crippen molar-refractivity contribution in [1.82, 2.24) is 4.90 Å². The molecule has 27 heavy (non-hydrogen) atoms. The lowest BCUT2D eigenvalue weighted by Gasteiger charge is -2.18. The number of ether oxygens (including phenoxy) is 3. The van der Waals surface area contributed by atoms with Gasteiger partial charge in [0.2, 0.25) is 0 Å². The smallest absolute Gasteiger partial charge is 0.410 e. The van der Waals surface area contributed by atoms with Crippen LogP contribution in [0.1, 0.15) is 24.0 Å². The third-order valence-corrected chi connectivity index (χ3v) is 4.59. The van der Waals surface area contributed by atoms with E-state index in [2.05, 4.69) is 0 Å². The van der Waals surface area contributed by atoms with Gasteiger partial charge in [-0.1, -0.05) is 42.5 Å². The average molecular weight is 369 g/mol. The second kappa shape index (κ2) is 8.58. The zero-order chi connectivity index (χ0) is 19.2. The summed E-state index contributed by atoms with van der Waals surface area (Å²) in [6.07, 6.45) is -0.813. The summed E-state index contributed by atoms with van der Waals surface area (Å²) in [5.74, 6) is 0.280. The van der Waals surface area contributed by atoms with E-state index in [9.17, 15) is 9.59 Å². The Hall–Kier alpha value is -3.02. The number of esters is 1. The molecule has 0 N–H and O–H groups in total. The average Bonchev–Trinajstić information content (AvgIpc) is 3.10. The van der Waals surface area contributed by atoms with Crippen LogP contribution in [0.4, 0.5) is 4.79 Å². The number of methoxy groups -OCH3 is 1. The van der Waals surface area contributed by atoms with Crippen LogP contribution in [0, 0.1) is 0 Å². The van der Waals surface area contributed by atoms with E-state index in [1.54, 1.807) is 12.0 Å². The molecule has 1 saturated heterocycles. The van der Waals surface area contributed by atoms with E-state index < -0.39 is 12.2 Å². The van der Waals surface area contributed by atoms with Crippen LogP contribution in [0.2, 0.25) is 0 Å². The summed E-state index contributed by atoms with van der Waals surface area (Å²) in [7, 11) is 1.61. The van der Waals surface area contributed by atoms with E-state index >= 15 is 0 Å². The number of benzene rings is 2.